The Balaban J connectivity index is 1.36. The van der Waals surface area contributed by atoms with Gasteiger partial charge in [0.1, 0.15) is 5.75 Å². The van der Waals surface area contributed by atoms with E-state index in [1.807, 2.05) is 0 Å². The highest BCUT2D eigenvalue weighted by Gasteiger charge is 2.23. The summed E-state index contributed by atoms with van der Waals surface area (Å²) in [5, 5.41) is 7.55. The smallest absolute Gasteiger partial charge is 0.387 e. The third kappa shape index (κ3) is 5.76. The molecule has 4 rings (SSSR count). The van der Waals surface area contributed by atoms with Gasteiger partial charge in [0.05, 0.1) is 5.69 Å². The van der Waals surface area contributed by atoms with E-state index in [4.69, 9.17) is 0 Å². The third-order valence-corrected chi connectivity index (χ3v) is 5.38. The van der Waals surface area contributed by atoms with E-state index < -0.39 is 12.5 Å². The lowest BCUT2D eigenvalue weighted by Crippen LogP contribution is -2.25. The number of nitrogens with zero attached hydrogens (tertiary/aromatic N) is 1. The highest BCUT2D eigenvalue weighted by atomic mass is 32.1. The molecule has 2 amide bonds. The largest absolute Gasteiger partial charge is 0.434 e. The molecule has 0 bridgehead atoms. The first-order valence-electron chi connectivity index (χ1n) is 9.87. The number of rotatable bonds is 8. The molecule has 2 aromatic carbocycles. The van der Waals surface area contributed by atoms with Crippen molar-refractivity contribution in [2.45, 2.75) is 25.5 Å². The first-order valence-corrected chi connectivity index (χ1v) is 10.8. The number of ether oxygens (including phenoxy) is 1. The van der Waals surface area contributed by atoms with Gasteiger partial charge in [-0.15, -0.1) is 11.3 Å². The minimum Gasteiger partial charge on any atom is -0.434 e. The van der Waals surface area contributed by atoms with E-state index >= 15 is 0 Å². The molecular formula is C23H19F2N3O3S. The lowest BCUT2D eigenvalue weighted by Gasteiger charge is -2.08. The molecule has 6 nitrogen and oxygen atoms in total. The Bertz CT molecular complexity index is 1140. The molecule has 32 heavy (non-hydrogen) atoms. The fraction of sp³-hybridized carbons (Fsp3) is 0.174. The van der Waals surface area contributed by atoms with Crippen LogP contribution >= 0.6 is 11.3 Å². The highest BCUT2D eigenvalue weighted by molar-refractivity contribution is 7.14. The van der Waals surface area contributed by atoms with Gasteiger partial charge in [0.25, 0.3) is 5.91 Å². The van der Waals surface area contributed by atoms with E-state index in [0.717, 1.165) is 18.4 Å². The van der Waals surface area contributed by atoms with E-state index in [1.54, 1.807) is 53.9 Å². The standard InChI is InChI=1S/C23H19F2N3O3S/c24-22(25)31-19-4-2-1-3-17(19)18-13-32-23(27-18)28-20(29)12-7-14-5-8-15(9-6-14)21(30)26-16-10-11-16/h1-9,12-13,16,22H,10-11H2,(H,26,30)(H,27,28,29)/b12-7+. The number of anilines is 1. The van der Waals surface area contributed by atoms with Crippen molar-refractivity contribution < 1.29 is 23.1 Å². The van der Waals surface area contributed by atoms with E-state index in [-0.39, 0.29) is 11.7 Å². The Labute approximate surface area is 186 Å². The Morgan fingerprint density at radius 1 is 1.12 bits per heavy atom. The van der Waals surface area contributed by atoms with Gasteiger partial charge in [-0.1, -0.05) is 24.3 Å². The summed E-state index contributed by atoms with van der Waals surface area (Å²) in [5.41, 5.74) is 2.17. The molecule has 0 spiro atoms. The number of nitrogens with one attached hydrogen (secondary N) is 2. The fourth-order valence-electron chi connectivity index (χ4n) is 2.89. The Morgan fingerprint density at radius 3 is 2.59 bits per heavy atom. The van der Waals surface area contributed by atoms with Gasteiger partial charge in [-0.25, -0.2) is 4.98 Å². The van der Waals surface area contributed by atoms with E-state index in [9.17, 15) is 18.4 Å². The van der Waals surface area contributed by atoms with Crippen molar-refractivity contribution in [3.05, 3.63) is 71.1 Å². The molecule has 3 aromatic rings. The van der Waals surface area contributed by atoms with Gasteiger partial charge in [0.15, 0.2) is 5.13 Å². The number of amides is 2. The molecule has 1 aromatic heterocycles. The van der Waals surface area contributed by atoms with Crippen molar-refractivity contribution in [1.29, 1.82) is 0 Å². The third-order valence-electron chi connectivity index (χ3n) is 4.63. The number of benzene rings is 2. The molecule has 1 aliphatic rings. The van der Waals surface area contributed by atoms with Crippen LogP contribution in [0.4, 0.5) is 13.9 Å². The maximum absolute atomic E-state index is 12.6. The molecule has 0 atom stereocenters. The number of thiazole rings is 1. The Kier molecular flexibility index (Phi) is 6.55. The summed E-state index contributed by atoms with van der Waals surface area (Å²) in [4.78, 5) is 28.5. The number of halogens is 2. The van der Waals surface area contributed by atoms with Gasteiger partial charge in [0, 0.05) is 28.6 Å². The predicted octanol–water partition coefficient (Wildman–Crippen LogP) is 4.96. The van der Waals surface area contributed by atoms with Crippen LogP contribution in [0.1, 0.15) is 28.8 Å². The van der Waals surface area contributed by atoms with Crippen LogP contribution < -0.4 is 15.4 Å². The lowest BCUT2D eigenvalue weighted by atomic mass is 10.1. The van der Waals surface area contributed by atoms with Crippen LogP contribution in [-0.4, -0.2) is 29.5 Å². The van der Waals surface area contributed by atoms with Crippen molar-refractivity contribution in [2.24, 2.45) is 0 Å². The van der Waals surface area contributed by atoms with Crippen molar-refractivity contribution in [3.63, 3.8) is 0 Å². The number of para-hydroxylation sites is 1. The van der Waals surface area contributed by atoms with Gasteiger partial charge in [-0.2, -0.15) is 8.78 Å². The van der Waals surface area contributed by atoms with E-state index in [0.29, 0.717) is 28.0 Å². The zero-order valence-corrected chi connectivity index (χ0v) is 17.6. The van der Waals surface area contributed by atoms with Crippen LogP contribution in [0.2, 0.25) is 0 Å². The van der Waals surface area contributed by atoms with Crippen molar-refractivity contribution in [3.8, 4) is 17.0 Å². The molecule has 9 heteroatoms. The zero-order chi connectivity index (χ0) is 22.5. The second kappa shape index (κ2) is 9.69. The molecule has 1 aliphatic carbocycles. The van der Waals surface area contributed by atoms with Gasteiger partial charge >= 0.3 is 6.61 Å². The van der Waals surface area contributed by atoms with Gasteiger partial charge in [-0.05, 0) is 48.7 Å². The average molecular weight is 455 g/mol. The molecule has 0 aliphatic heterocycles. The minimum atomic E-state index is -2.94. The summed E-state index contributed by atoms with van der Waals surface area (Å²) in [6, 6.07) is 13.6. The molecule has 1 heterocycles. The molecule has 164 valence electrons. The summed E-state index contributed by atoms with van der Waals surface area (Å²) in [7, 11) is 0. The number of carbonyl (C=O) groups is 2. The second-order valence-corrected chi connectivity index (χ2v) is 7.96. The molecular weight excluding hydrogens is 436 g/mol. The normalized spacial score (nSPS) is 13.3. The number of hydrogen-bond acceptors (Lipinski definition) is 5. The molecule has 0 radical (unpaired) electrons. The minimum absolute atomic E-state index is 0.0137. The van der Waals surface area contributed by atoms with E-state index in [2.05, 4.69) is 20.4 Å². The molecule has 1 fully saturated rings. The van der Waals surface area contributed by atoms with Crippen LogP contribution in [0, 0.1) is 0 Å². The van der Waals surface area contributed by atoms with Crippen molar-refractivity contribution >= 4 is 34.4 Å². The maximum Gasteiger partial charge on any atom is 0.387 e. The molecule has 1 saturated carbocycles. The van der Waals surface area contributed by atoms with Crippen LogP contribution in [-0.2, 0) is 4.79 Å². The molecule has 0 unspecified atom stereocenters. The number of hydrogen-bond donors (Lipinski definition) is 2. The van der Waals surface area contributed by atoms with Crippen LogP contribution in [0.5, 0.6) is 5.75 Å². The van der Waals surface area contributed by atoms with Crippen LogP contribution in [0.3, 0.4) is 0 Å². The summed E-state index contributed by atoms with van der Waals surface area (Å²) in [6.45, 7) is -2.94. The maximum atomic E-state index is 12.6. The average Bonchev–Trinajstić information content (AvgIpc) is 3.47. The summed E-state index contributed by atoms with van der Waals surface area (Å²) in [5.74, 6) is -0.473. The van der Waals surface area contributed by atoms with Gasteiger partial charge in [-0.3, -0.25) is 14.9 Å². The van der Waals surface area contributed by atoms with Crippen molar-refractivity contribution in [1.82, 2.24) is 10.3 Å². The number of carbonyl (C=O) groups excluding carboxylic acids is 2. The first-order chi connectivity index (χ1) is 15.5. The second-order valence-electron chi connectivity index (χ2n) is 7.10. The number of alkyl halides is 2. The predicted molar refractivity (Wildman–Crippen MR) is 119 cm³/mol. The summed E-state index contributed by atoms with van der Waals surface area (Å²) in [6.07, 6.45) is 5.03. The topological polar surface area (TPSA) is 80.3 Å². The van der Waals surface area contributed by atoms with E-state index in [1.165, 1.54) is 23.5 Å². The SMILES string of the molecule is O=C(/C=C/c1ccc(C(=O)NC2CC2)cc1)Nc1nc(-c2ccccc2OC(F)F)cs1. The van der Waals surface area contributed by atoms with Gasteiger partial charge in [0.2, 0.25) is 5.91 Å². The zero-order valence-electron chi connectivity index (χ0n) is 16.8. The monoisotopic (exact) mass is 455 g/mol. The summed E-state index contributed by atoms with van der Waals surface area (Å²) < 4.78 is 29.7. The Hall–Kier alpha value is -3.59. The summed E-state index contributed by atoms with van der Waals surface area (Å²) >= 11 is 1.17. The lowest BCUT2D eigenvalue weighted by molar-refractivity contribution is -0.111. The van der Waals surface area contributed by atoms with Gasteiger partial charge < -0.3 is 10.1 Å². The fourth-order valence-corrected chi connectivity index (χ4v) is 3.61. The Morgan fingerprint density at radius 2 is 1.88 bits per heavy atom. The number of aromatic nitrogens is 1. The quantitative estimate of drug-likeness (QED) is 0.471. The molecule has 2 N–H and O–H groups in total. The first kappa shape index (κ1) is 21.6. The van der Waals surface area contributed by atoms with Crippen LogP contribution in [0.25, 0.3) is 17.3 Å². The molecule has 0 saturated heterocycles. The van der Waals surface area contributed by atoms with Crippen LogP contribution in [0.15, 0.2) is 60.0 Å². The highest BCUT2D eigenvalue weighted by Crippen LogP contribution is 2.33. The van der Waals surface area contributed by atoms with Crippen molar-refractivity contribution in [2.75, 3.05) is 5.32 Å².